The van der Waals surface area contributed by atoms with Crippen molar-refractivity contribution in [2.45, 2.75) is 50.4 Å². The fourth-order valence-electron chi connectivity index (χ4n) is 3.00. The topological polar surface area (TPSA) is 99.0 Å². The van der Waals surface area contributed by atoms with Crippen molar-refractivity contribution in [3.63, 3.8) is 0 Å². The summed E-state index contributed by atoms with van der Waals surface area (Å²) in [7, 11) is 1.72. The summed E-state index contributed by atoms with van der Waals surface area (Å²) in [4.78, 5) is 26.4. The number of nitrogens with one attached hydrogen (secondary N) is 1. The Morgan fingerprint density at radius 1 is 1.48 bits per heavy atom. The molecule has 0 saturated heterocycles. The largest absolute Gasteiger partial charge is 0.462 e. The number of rotatable bonds is 6. The molecule has 0 aromatic carbocycles. The maximum atomic E-state index is 12.7. The van der Waals surface area contributed by atoms with Crippen LogP contribution in [0.5, 0.6) is 0 Å². The average Bonchev–Trinajstić information content (AvgIpc) is 3.17. The van der Waals surface area contributed by atoms with Crippen LogP contribution < -0.4 is 5.32 Å². The first-order valence-corrected chi connectivity index (χ1v) is 10.6. The summed E-state index contributed by atoms with van der Waals surface area (Å²) in [6.45, 7) is 6.08. The lowest BCUT2D eigenvalue weighted by atomic mass is 9.88. The number of thiophene rings is 1. The quantitative estimate of drug-likeness (QED) is 0.578. The lowest BCUT2D eigenvalue weighted by Crippen LogP contribution is -2.24. The van der Waals surface area contributed by atoms with Crippen LogP contribution in [0.3, 0.4) is 0 Å². The van der Waals surface area contributed by atoms with Gasteiger partial charge in [-0.1, -0.05) is 18.7 Å². The third-order valence-electron chi connectivity index (χ3n) is 4.46. The van der Waals surface area contributed by atoms with E-state index in [1.807, 2.05) is 0 Å². The van der Waals surface area contributed by atoms with Gasteiger partial charge >= 0.3 is 5.97 Å². The summed E-state index contributed by atoms with van der Waals surface area (Å²) < 4.78 is 6.76. The van der Waals surface area contributed by atoms with Gasteiger partial charge in [-0.25, -0.2) is 9.48 Å². The van der Waals surface area contributed by atoms with Gasteiger partial charge in [0, 0.05) is 11.9 Å². The monoisotopic (exact) mass is 409 g/mol. The number of anilines is 1. The second-order valence-corrected chi connectivity index (χ2v) is 9.02. The van der Waals surface area contributed by atoms with Crippen LogP contribution in [0.25, 0.3) is 0 Å². The SMILES string of the molecule is CCOC(=O)c1c(NC(=O)[C@H](C)Sc2nnnn2C)sc2c1CC[C@H](C)C2. The molecule has 2 atom stereocenters. The Labute approximate surface area is 166 Å². The first-order chi connectivity index (χ1) is 12.9. The molecule has 0 bridgehead atoms. The number of tetrazole rings is 1. The second-order valence-electron chi connectivity index (χ2n) is 6.61. The molecule has 146 valence electrons. The molecule has 1 aliphatic carbocycles. The number of fused-ring (bicyclic) bond motifs is 1. The number of carbonyl (C=O) groups is 2. The lowest BCUT2D eigenvalue weighted by molar-refractivity contribution is -0.115. The highest BCUT2D eigenvalue weighted by atomic mass is 32.2. The van der Waals surface area contributed by atoms with Crippen molar-refractivity contribution < 1.29 is 14.3 Å². The number of thioether (sulfide) groups is 1. The Hall–Kier alpha value is -1.94. The van der Waals surface area contributed by atoms with E-state index < -0.39 is 5.25 Å². The molecule has 0 saturated carbocycles. The van der Waals surface area contributed by atoms with Crippen molar-refractivity contribution in [1.82, 2.24) is 20.2 Å². The normalized spacial score (nSPS) is 17.3. The minimum Gasteiger partial charge on any atom is -0.462 e. The minimum atomic E-state index is -0.414. The third-order valence-corrected chi connectivity index (χ3v) is 6.75. The van der Waals surface area contributed by atoms with E-state index in [2.05, 4.69) is 27.8 Å². The zero-order chi connectivity index (χ0) is 19.6. The van der Waals surface area contributed by atoms with E-state index in [1.54, 1.807) is 20.9 Å². The van der Waals surface area contributed by atoms with Gasteiger partial charge in [0.2, 0.25) is 11.1 Å². The van der Waals surface area contributed by atoms with E-state index in [-0.39, 0.29) is 11.9 Å². The van der Waals surface area contributed by atoms with E-state index in [0.717, 1.165) is 24.8 Å². The van der Waals surface area contributed by atoms with Gasteiger partial charge in [0.05, 0.1) is 17.4 Å². The Kier molecular flexibility index (Phi) is 6.15. The molecule has 0 unspecified atom stereocenters. The van der Waals surface area contributed by atoms with Crippen molar-refractivity contribution in [1.29, 1.82) is 0 Å². The molecular weight excluding hydrogens is 386 g/mol. The van der Waals surface area contributed by atoms with Gasteiger partial charge < -0.3 is 10.1 Å². The van der Waals surface area contributed by atoms with E-state index in [0.29, 0.717) is 28.2 Å². The van der Waals surface area contributed by atoms with Crippen LogP contribution in [0.4, 0.5) is 5.00 Å². The number of esters is 1. The van der Waals surface area contributed by atoms with Gasteiger partial charge in [-0.2, -0.15) is 0 Å². The Morgan fingerprint density at radius 2 is 2.26 bits per heavy atom. The van der Waals surface area contributed by atoms with Crippen LogP contribution in [0.2, 0.25) is 0 Å². The highest BCUT2D eigenvalue weighted by molar-refractivity contribution is 8.00. The van der Waals surface area contributed by atoms with Crippen LogP contribution in [0.1, 0.15) is 48.0 Å². The lowest BCUT2D eigenvalue weighted by Gasteiger charge is -2.18. The molecule has 2 aromatic rings. The fourth-order valence-corrected chi connectivity index (χ4v) is 5.16. The van der Waals surface area contributed by atoms with E-state index in [9.17, 15) is 9.59 Å². The number of ether oxygens (including phenoxy) is 1. The first kappa shape index (κ1) is 19.8. The van der Waals surface area contributed by atoms with Crippen LogP contribution in [-0.2, 0) is 29.4 Å². The van der Waals surface area contributed by atoms with Crippen molar-refractivity contribution in [3.05, 3.63) is 16.0 Å². The molecule has 10 heteroatoms. The van der Waals surface area contributed by atoms with E-state index >= 15 is 0 Å². The number of amides is 1. The average molecular weight is 410 g/mol. The van der Waals surface area contributed by atoms with Crippen LogP contribution in [0, 0.1) is 5.92 Å². The zero-order valence-electron chi connectivity index (χ0n) is 15.8. The Bertz CT molecular complexity index is 848. The molecule has 2 aromatic heterocycles. The second kappa shape index (κ2) is 8.39. The molecular formula is C17H23N5O3S2. The molecule has 1 amide bonds. The summed E-state index contributed by atoms with van der Waals surface area (Å²) in [6, 6.07) is 0. The number of carbonyl (C=O) groups excluding carboxylic acids is 2. The molecule has 0 spiro atoms. The first-order valence-electron chi connectivity index (χ1n) is 8.92. The predicted molar refractivity (Wildman–Crippen MR) is 104 cm³/mol. The number of hydrogen-bond donors (Lipinski definition) is 1. The van der Waals surface area contributed by atoms with Gasteiger partial charge in [-0.05, 0) is 55.0 Å². The van der Waals surface area contributed by atoms with Crippen molar-refractivity contribution in [3.8, 4) is 0 Å². The van der Waals surface area contributed by atoms with E-state index in [1.165, 1.54) is 32.7 Å². The molecule has 1 N–H and O–H groups in total. The van der Waals surface area contributed by atoms with Gasteiger partial charge in [0.15, 0.2) is 0 Å². The third kappa shape index (κ3) is 4.32. The Balaban J connectivity index is 1.81. The number of hydrogen-bond acceptors (Lipinski definition) is 8. The zero-order valence-corrected chi connectivity index (χ0v) is 17.4. The smallest absolute Gasteiger partial charge is 0.341 e. The molecule has 0 fully saturated rings. The van der Waals surface area contributed by atoms with E-state index in [4.69, 9.17) is 4.74 Å². The summed E-state index contributed by atoms with van der Waals surface area (Å²) in [5.41, 5.74) is 1.55. The summed E-state index contributed by atoms with van der Waals surface area (Å²) in [6.07, 6.45) is 2.80. The summed E-state index contributed by atoms with van der Waals surface area (Å²) in [5.74, 6) is 0.0190. The molecule has 0 aliphatic heterocycles. The predicted octanol–water partition coefficient (Wildman–Crippen LogP) is 2.69. The minimum absolute atomic E-state index is 0.194. The molecule has 0 radical (unpaired) electrons. The van der Waals surface area contributed by atoms with Crippen LogP contribution >= 0.6 is 23.1 Å². The van der Waals surface area contributed by atoms with Crippen molar-refractivity contribution in [2.75, 3.05) is 11.9 Å². The van der Waals surface area contributed by atoms with Gasteiger partial charge in [0.25, 0.3) is 0 Å². The maximum Gasteiger partial charge on any atom is 0.341 e. The van der Waals surface area contributed by atoms with Crippen LogP contribution in [-0.4, -0.2) is 43.9 Å². The maximum absolute atomic E-state index is 12.7. The van der Waals surface area contributed by atoms with Crippen molar-refractivity contribution in [2.24, 2.45) is 13.0 Å². The standard InChI is InChI=1S/C17H23N5O3S2/c1-5-25-16(24)13-11-7-6-9(2)8-12(11)27-15(13)18-14(23)10(3)26-17-19-20-21-22(17)4/h9-10H,5-8H2,1-4H3,(H,18,23)/t9-,10-/m0/s1. The Morgan fingerprint density at radius 3 is 2.93 bits per heavy atom. The summed E-state index contributed by atoms with van der Waals surface area (Å²) in [5, 5.41) is 14.9. The van der Waals surface area contributed by atoms with Gasteiger partial charge in [-0.15, -0.1) is 16.4 Å². The fraction of sp³-hybridized carbons (Fsp3) is 0.588. The number of nitrogens with zero attached hydrogens (tertiary/aromatic N) is 4. The molecule has 1 aliphatic rings. The van der Waals surface area contributed by atoms with Crippen LogP contribution in [0.15, 0.2) is 5.16 Å². The van der Waals surface area contributed by atoms with Gasteiger partial charge in [-0.3, -0.25) is 4.79 Å². The number of aryl methyl sites for hydroxylation is 1. The van der Waals surface area contributed by atoms with Gasteiger partial charge in [0.1, 0.15) is 5.00 Å². The van der Waals surface area contributed by atoms with Crippen molar-refractivity contribution >= 4 is 40.0 Å². The highest BCUT2D eigenvalue weighted by Gasteiger charge is 2.30. The summed E-state index contributed by atoms with van der Waals surface area (Å²) >= 11 is 2.76. The highest BCUT2D eigenvalue weighted by Crippen LogP contribution is 2.40. The number of aromatic nitrogens is 4. The molecule has 27 heavy (non-hydrogen) atoms. The molecule has 8 nitrogen and oxygen atoms in total. The molecule has 3 rings (SSSR count). The molecule has 2 heterocycles.